The molecule has 3 aliphatic rings. The van der Waals surface area contributed by atoms with Crippen LogP contribution in [-0.4, -0.2) is 36.7 Å². The number of amides is 1. The Morgan fingerprint density at radius 3 is 2.79 bits per heavy atom. The minimum atomic E-state index is -0.267. The summed E-state index contributed by atoms with van der Waals surface area (Å²) in [6, 6.07) is 12.9. The van der Waals surface area contributed by atoms with Crippen molar-refractivity contribution in [1.29, 1.82) is 0 Å². The van der Waals surface area contributed by atoms with Crippen LogP contribution >= 0.6 is 0 Å². The lowest BCUT2D eigenvalue weighted by atomic mass is 9.73. The van der Waals surface area contributed by atoms with Crippen LogP contribution in [0.3, 0.4) is 0 Å². The van der Waals surface area contributed by atoms with E-state index in [9.17, 15) is 4.79 Å². The van der Waals surface area contributed by atoms with Gasteiger partial charge in [-0.2, -0.15) is 0 Å². The summed E-state index contributed by atoms with van der Waals surface area (Å²) < 4.78 is 5.59. The van der Waals surface area contributed by atoms with Crippen molar-refractivity contribution in [3.8, 4) is 0 Å². The number of aromatic nitrogens is 1. The van der Waals surface area contributed by atoms with Gasteiger partial charge in [0.25, 0.3) is 0 Å². The van der Waals surface area contributed by atoms with Gasteiger partial charge in [-0.1, -0.05) is 24.3 Å². The highest BCUT2D eigenvalue weighted by Crippen LogP contribution is 2.51. The van der Waals surface area contributed by atoms with Crippen molar-refractivity contribution in [2.45, 2.75) is 49.7 Å². The van der Waals surface area contributed by atoms with Gasteiger partial charge < -0.3 is 15.0 Å². The number of rotatable bonds is 3. The number of benzene rings is 1. The zero-order valence-electron chi connectivity index (χ0n) is 16.1. The van der Waals surface area contributed by atoms with E-state index in [1.165, 1.54) is 16.8 Å². The summed E-state index contributed by atoms with van der Waals surface area (Å²) in [7, 11) is 0. The average Bonchev–Trinajstić information content (AvgIpc) is 3.38. The van der Waals surface area contributed by atoms with Gasteiger partial charge in [-0.05, 0) is 55.4 Å². The number of carbonyl (C=O) groups is 1. The van der Waals surface area contributed by atoms with E-state index in [0.717, 1.165) is 45.2 Å². The molecule has 1 spiro atoms. The lowest BCUT2D eigenvalue weighted by Crippen LogP contribution is -2.42. The number of piperidine rings is 1. The number of hydrogen-bond acceptors (Lipinski definition) is 4. The van der Waals surface area contributed by atoms with Gasteiger partial charge in [-0.25, -0.2) is 0 Å². The van der Waals surface area contributed by atoms with Crippen molar-refractivity contribution in [3.05, 3.63) is 59.9 Å². The fourth-order valence-corrected chi connectivity index (χ4v) is 5.28. The maximum absolute atomic E-state index is 12.7. The summed E-state index contributed by atoms with van der Waals surface area (Å²) in [5.74, 6) is 0.0575. The smallest absolute Gasteiger partial charge is 0.249 e. The molecule has 0 bridgehead atoms. The highest BCUT2D eigenvalue weighted by molar-refractivity contribution is 5.81. The minimum Gasteiger partial charge on any atom is -0.370 e. The summed E-state index contributed by atoms with van der Waals surface area (Å²) >= 11 is 0. The van der Waals surface area contributed by atoms with Crippen molar-refractivity contribution in [2.75, 3.05) is 24.6 Å². The molecule has 1 aliphatic carbocycles. The highest BCUT2D eigenvalue weighted by Gasteiger charge is 2.46. The quantitative estimate of drug-likeness (QED) is 0.891. The lowest BCUT2D eigenvalue weighted by Gasteiger charge is -2.41. The zero-order chi connectivity index (χ0) is 19.0. The molecule has 28 heavy (non-hydrogen) atoms. The molecule has 2 atom stereocenters. The van der Waals surface area contributed by atoms with Gasteiger partial charge in [0.1, 0.15) is 6.10 Å². The Kier molecular flexibility index (Phi) is 4.55. The van der Waals surface area contributed by atoms with E-state index in [4.69, 9.17) is 4.74 Å². The van der Waals surface area contributed by atoms with Gasteiger partial charge in [0.15, 0.2) is 0 Å². The molecule has 5 nitrogen and oxygen atoms in total. The van der Waals surface area contributed by atoms with Gasteiger partial charge >= 0.3 is 0 Å². The van der Waals surface area contributed by atoms with Gasteiger partial charge in [0.05, 0.1) is 17.9 Å². The van der Waals surface area contributed by atoms with Gasteiger partial charge in [0, 0.05) is 31.3 Å². The normalized spacial score (nSPS) is 25.6. The Balaban J connectivity index is 1.34. The van der Waals surface area contributed by atoms with E-state index >= 15 is 0 Å². The van der Waals surface area contributed by atoms with Gasteiger partial charge in [-0.15, -0.1) is 0 Å². The van der Waals surface area contributed by atoms with Crippen LogP contribution in [0, 0.1) is 0 Å². The zero-order valence-corrected chi connectivity index (χ0v) is 16.1. The van der Waals surface area contributed by atoms with Crippen LogP contribution in [0.4, 0.5) is 5.69 Å². The first-order valence-corrected chi connectivity index (χ1v) is 10.4. The Morgan fingerprint density at radius 2 is 2.04 bits per heavy atom. The maximum atomic E-state index is 12.7. The van der Waals surface area contributed by atoms with Crippen LogP contribution in [0.15, 0.2) is 48.8 Å². The third-order valence-corrected chi connectivity index (χ3v) is 6.77. The number of carbonyl (C=O) groups excluding carboxylic acids is 1. The van der Waals surface area contributed by atoms with E-state index in [1.807, 2.05) is 18.5 Å². The van der Waals surface area contributed by atoms with E-state index in [0.29, 0.717) is 6.61 Å². The van der Waals surface area contributed by atoms with Crippen molar-refractivity contribution >= 4 is 11.6 Å². The average molecular weight is 377 g/mol. The number of hydrogen-bond donors (Lipinski definition) is 1. The van der Waals surface area contributed by atoms with Crippen molar-refractivity contribution in [2.24, 2.45) is 0 Å². The molecular formula is C23H27N3O2. The number of nitrogens with one attached hydrogen (secondary N) is 1. The number of ether oxygens (including phenoxy) is 1. The summed E-state index contributed by atoms with van der Waals surface area (Å²) in [6.45, 7) is 2.74. The van der Waals surface area contributed by atoms with E-state index < -0.39 is 0 Å². The molecule has 1 amide bonds. The Labute approximate surface area is 166 Å². The molecule has 2 fully saturated rings. The molecular weight excluding hydrogens is 350 g/mol. The Hall–Kier alpha value is -2.40. The predicted octanol–water partition coefficient (Wildman–Crippen LogP) is 3.36. The molecule has 0 radical (unpaired) electrons. The van der Waals surface area contributed by atoms with E-state index in [-0.39, 0.29) is 23.5 Å². The second-order valence-electron chi connectivity index (χ2n) is 8.33. The Bertz CT molecular complexity index is 840. The molecule has 2 aromatic rings. The molecule has 0 saturated carbocycles. The third kappa shape index (κ3) is 3.08. The molecule has 3 heterocycles. The monoisotopic (exact) mass is 377 g/mol. The SMILES string of the molecule is O=C(NC1CC2(CCN(c3cccnc3)CC2)c2ccccc21)[C@@H]1CCCO1. The molecule has 1 unspecified atom stereocenters. The molecule has 146 valence electrons. The summed E-state index contributed by atoms with van der Waals surface area (Å²) in [4.78, 5) is 19.4. The largest absolute Gasteiger partial charge is 0.370 e. The molecule has 1 N–H and O–H groups in total. The number of fused-ring (bicyclic) bond motifs is 2. The van der Waals surface area contributed by atoms with Gasteiger partial charge in [0.2, 0.25) is 5.91 Å². The van der Waals surface area contributed by atoms with Crippen molar-refractivity contribution in [3.63, 3.8) is 0 Å². The van der Waals surface area contributed by atoms with Crippen LogP contribution < -0.4 is 10.2 Å². The third-order valence-electron chi connectivity index (χ3n) is 6.77. The van der Waals surface area contributed by atoms with E-state index in [2.05, 4.69) is 45.5 Å². The topological polar surface area (TPSA) is 54.5 Å². The maximum Gasteiger partial charge on any atom is 0.249 e. The second kappa shape index (κ2) is 7.21. The van der Waals surface area contributed by atoms with Crippen LogP contribution in [0.25, 0.3) is 0 Å². The molecule has 2 saturated heterocycles. The standard InChI is InChI=1S/C23H27N3O2/c27-22(21-8-4-14-28-21)25-20-15-23(19-7-2-1-6-18(19)20)9-12-26(13-10-23)17-5-3-11-24-16-17/h1-3,5-7,11,16,20-21H,4,8-10,12-15H2,(H,25,27)/t20?,21-/m0/s1. The Morgan fingerprint density at radius 1 is 1.18 bits per heavy atom. The van der Waals surface area contributed by atoms with E-state index in [1.54, 1.807) is 0 Å². The summed E-state index contributed by atoms with van der Waals surface area (Å²) in [5.41, 5.74) is 4.08. The molecule has 2 aliphatic heterocycles. The minimum absolute atomic E-state index is 0.0575. The summed E-state index contributed by atoms with van der Waals surface area (Å²) in [5, 5.41) is 3.30. The highest BCUT2D eigenvalue weighted by atomic mass is 16.5. The summed E-state index contributed by atoms with van der Waals surface area (Å²) in [6.07, 6.45) is 8.52. The lowest BCUT2D eigenvalue weighted by molar-refractivity contribution is -0.130. The molecule has 5 heteroatoms. The van der Waals surface area contributed by atoms with Crippen LogP contribution in [0.1, 0.15) is 49.3 Å². The van der Waals surface area contributed by atoms with Crippen molar-refractivity contribution < 1.29 is 9.53 Å². The van der Waals surface area contributed by atoms with Crippen LogP contribution in [-0.2, 0) is 14.9 Å². The molecule has 1 aromatic carbocycles. The van der Waals surface area contributed by atoms with Crippen molar-refractivity contribution in [1.82, 2.24) is 10.3 Å². The van der Waals surface area contributed by atoms with Crippen LogP contribution in [0.2, 0.25) is 0 Å². The number of nitrogens with zero attached hydrogens (tertiary/aromatic N) is 2. The fourth-order valence-electron chi connectivity index (χ4n) is 5.28. The first kappa shape index (κ1) is 17.7. The molecule has 1 aromatic heterocycles. The van der Waals surface area contributed by atoms with Gasteiger partial charge in [-0.3, -0.25) is 9.78 Å². The van der Waals surface area contributed by atoms with Crippen LogP contribution in [0.5, 0.6) is 0 Å². The predicted molar refractivity (Wildman–Crippen MR) is 108 cm³/mol. The number of pyridine rings is 1. The number of anilines is 1. The first-order valence-electron chi connectivity index (χ1n) is 10.4. The fraction of sp³-hybridized carbons (Fsp3) is 0.478. The second-order valence-corrected chi connectivity index (χ2v) is 8.33. The first-order chi connectivity index (χ1) is 13.8. The molecule has 5 rings (SSSR count).